The highest BCUT2D eigenvalue weighted by Gasteiger charge is 2.18. The van der Waals surface area contributed by atoms with Crippen LogP contribution in [0.25, 0.3) is 0 Å². The summed E-state index contributed by atoms with van der Waals surface area (Å²) in [6, 6.07) is 10.8. The number of aromatic nitrogens is 1. The average Bonchev–Trinajstić information content (AvgIpc) is 2.57. The number of benzene rings is 1. The van der Waals surface area contributed by atoms with Crippen molar-refractivity contribution in [2.45, 2.75) is 26.4 Å². The number of nitrogens with one attached hydrogen (secondary N) is 1. The van der Waals surface area contributed by atoms with E-state index >= 15 is 0 Å². The van der Waals surface area contributed by atoms with Crippen molar-refractivity contribution in [3.05, 3.63) is 53.3 Å². The van der Waals surface area contributed by atoms with Crippen molar-refractivity contribution >= 4 is 29.2 Å². The maximum absolute atomic E-state index is 12.0. The van der Waals surface area contributed by atoms with Crippen LogP contribution in [-0.4, -0.2) is 29.6 Å². The van der Waals surface area contributed by atoms with Crippen LogP contribution >= 0.6 is 11.6 Å². The summed E-state index contributed by atoms with van der Waals surface area (Å²) in [5, 5.41) is 2.73. The summed E-state index contributed by atoms with van der Waals surface area (Å²) in [6.07, 6.45) is 0.595. The molecule has 1 amide bonds. The van der Waals surface area contributed by atoms with E-state index in [1.165, 1.54) is 13.1 Å². The molecule has 6 nitrogen and oxygen atoms in total. The highest BCUT2D eigenvalue weighted by atomic mass is 35.5. The predicted octanol–water partition coefficient (Wildman–Crippen LogP) is 3.38. The van der Waals surface area contributed by atoms with Gasteiger partial charge in [-0.1, -0.05) is 23.7 Å². The van der Waals surface area contributed by atoms with Crippen LogP contribution in [0, 0.1) is 6.92 Å². The number of amides is 1. The number of anilines is 1. The highest BCUT2D eigenvalue weighted by Crippen LogP contribution is 2.18. The van der Waals surface area contributed by atoms with Gasteiger partial charge in [-0.2, -0.15) is 0 Å². The van der Waals surface area contributed by atoms with Gasteiger partial charge in [0.2, 0.25) is 0 Å². The number of nitrogens with zero attached hydrogens (tertiary/aromatic N) is 1. The Hall–Kier alpha value is -2.60. The number of carbonyl (C=O) groups is 2. The van der Waals surface area contributed by atoms with Gasteiger partial charge >= 0.3 is 5.97 Å². The second kappa shape index (κ2) is 9.03. The van der Waals surface area contributed by atoms with Gasteiger partial charge in [-0.15, -0.1) is 0 Å². The average molecular weight is 363 g/mol. The Morgan fingerprint density at radius 1 is 1.28 bits per heavy atom. The molecule has 132 valence electrons. The van der Waals surface area contributed by atoms with Gasteiger partial charge in [0.15, 0.2) is 11.3 Å². The smallest absolute Gasteiger partial charge is 0.310 e. The van der Waals surface area contributed by atoms with Crippen LogP contribution in [-0.2, 0) is 14.3 Å². The number of aryl methyl sites for hydroxylation is 1. The number of pyridine rings is 1. The molecule has 2 aromatic rings. The van der Waals surface area contributed by atoms with E-state index in [1.54, 1.807) is 12.1 Å². The van der Waals surface area contributed by atoms with Crippen molar-refractivity contribution in [1.29, 1.82) is 0 Å². The second-order valence-corrected chi connectivity index (χ2v) is 5.74. The molecule has 2 rings (SSSR count). The third-order valence-electron chi connectivity index (χ3n) is 3.26. The topological polar surface area (TPSA) is 77.5 Å². The molecule has 1 N–H and O–H groups in total. The van der Waals surface area contributed by atoms with Crippen molar-refractivity contribution in [2.75, 3.05) is 11.9 Å². The Bertz CT molecular complexity index is 751. The molecule has 1 heterocycles. The minimum Gasteiger partial charge on any atom is -0.493 e. The number of rotatable bonds is 7. The first-order valence-corrected chi connectivity index (χ1v) is 8.14. The fourth-order valence-corrected chi connectivity index (χ4v) is 2.15. The second-order valence-electron chi connectivity index (χ2n) is 5.38. The molecule has 0 aliphatic carbocycles. The molecule has 0 aliphatic rings. The normalized spacial score (nSPS) is 11.5. The predicted molar refractivity (Wildman–Crippen MR) is 94.7 cm³/mol. The highest BCUT2D eigenvalue weighted by molar-refractivity contribution is 6.32. The molecule has 0 radical (unpaired) electrons. The molecular formula is C18H19ClN2O4. The first-order valence-electron chi connectivity index (χ1n) is 7.76. The summed E-state index contributed by atoms with van der Waals surface area (Å²) < 4.78 is 10.6. The maximum atomic E-state index is 12.0. The van der Waals surface area contributed by atoms with E-state index in [-0.39, 0.29) is 18.2 Å². The molecule has 25 heavy (non-hydrogen) atoms. The Kier molecular flexibility index (Phi) is 6.77. The van der Waals surface area contributed by atoms with E-state index in [1.807, 2.05) is 31.2 Å². The largest absolute Gasteiger partial charge is 0.493 e. The van der Waals surface area contributed by atoms with Gasteiger partial charge in [0.1, 0.15) is 5.75 Å². The van der Waals surface area contributed by atoms with E-state index in [2.05, 4.69) is 10.3 Å². The molecule has 1 aromatic heterocycles. The van der Waals surface area contributed by atoms with Crippen molar-refractivity contribution < 1.29 is 19.1 Å². The lowest BCUT2D eigenvalue weighted by molar-refractivity contribution is -0.153. The van der Waals surface area contributed by atoms with E-state index in [0.29, 0.717) is 11.4 Å². The van der Waals surface area contributed by atoms with Crippen LogP contribution in [0.5, 0.6) is 5.75 Å². The molecule has 0 aliphatic heterocycles. The Balaban J connectivity index is 1.75. The monoisotopic (exact) mass is 362 g/mol. The van der Waals surface area contributed by atoms with Crippen LogP contribution in [0.1, 0.15) is 18.9 Å². The van der Waals surface area contributed by atoms with E-state index in [9.17, 15) is 9.59 Å². The lowest BCUT2D eigenvalue weighted by Gasteiger charge is -2.14. The maximum Gasteiger partial charge on any atom is 0.310 e. The Morgan fingerprint density at radius 2 is 2.08 bits per heavy atom. The third-order valence-corrected chi connectivity index (χ3v) is 3.56. The molecule has 0 fully saturated rings. The van der Waals surface area contributed by atoms with Crippen molar-refractivity contribution in [3.8, 4) is 5.75 Å². The van der Waals surface area contributed by atoms with E-state index < -0.39 is 18.0 Å². The molecule has 0 unspecified atom stereocenters. The van der Waals surface area contributed by atoms with Crippen LogP contribution in [0.2, 0.25) is 5.15 Å². The van der Waals surface area contributed by atoms with Gasteiger partial charge in [0.05, 0.1) is 18.7 Å². The number of carbonyl (C=O) groups excluding carboxylic acids is 2. The fourth-order valence-electron chi connectivity index (χ4n) is 1.98. The summed E-state index contributed by atoms with van der Waals surface area (Å²) in [5.74, 6) is -0.319. The van der Waals surface area contributed by atoms with Crippen LogP contribution < -0.4 is 10.1 Å². The van der Waals surface area contributed by atoms with Crippen LogP contribution in [0.4, 0.5) is 5.69 Å². The summed E-state index contributed by atoms with van der Waals surface area (Å²) in [5.41, 5.74) is 1.43. The minimum atomic E-state index is -0.956. The lowest BCUT2D eigenvalue weighted by atomic mass is 10.2. The molecule has 1 aromatic carbocycles. The molecule has 0 saturated carbocycles. The van der Waals surface area contributed by atoms with Gasteiger partial charge in [-0.05, 0) is 43.7 Å². The number of ether oxygens (including phenoxy) is 2. The number of esters is 1. The third kappa shape index (κ3) is 6.08. The van der Waals surface area contributed by atoms with Gasteiger partial charge in [-0.3, -0.25) is 9.59 Å². The molecule has 0 bridgehead atoms. The first kappa shape index (κ1) is 18.7. The summed E-state index contributed by atoms with van der Waals surface area (Å²) in [6.45, 7) is 3.61. The fraction of sp³-hybridized carbons (Fsp3) is 0.278. The standard InChI is InChI=1S/C18H19ClN2O4/c1-12-5-3-6-14(11-12)24-10-8-16(22)25-13(2)18(23)21-15-7-4-9-20-17(15)19/h3-7,9,11,13H,8,10H2,1-2H3,(H,21,23)/t13-/m1/s1. The van der Waals surface area contributed by atoms with Gasteiger partial charge in [-0.25, -0.2) is 4.98 Å². The number of hydrogen-bond acceptors (Lipinski definition) is 5. The molecule has 7 heteroatoms. The van der Waals surface area contributed by atoms with Gasteiger partial charge in [0.25, 0.3) is 5.91 Å². The van der Waals surface area contributed by atoms with E-state index in [0.717, 1.165) is 5.56 Å². The zero-order chi connectivity index (χ0) is 18.2. The molecule has 1 atom stereocenters. The van der Waals surface area contributed by atoms with Crippen molar-refractivity contribution in [2.24, 2.45) is 0 Å². The van der Waals surface area contributed by atoms with Gasteiger partial charge < -0.3 is 14.8 Å². The lowest BCUT2D eigenvalue weighted by Crippen LogP contribution is -2.30. The van der Waals surface area contributed by atoms with Crippen LogP contribution in [0.3, 0.4) is 0 Å². The molecular weight excluding hydrogens is 344 g/mol. The quantitative estimate of drug-likeness (QED) is 0.603. The van der Waals surface area contributed by atoms with E-state index in [4.69, 9.17) is 21.1 Å². The van der Waals surface area contributed by atoms with Crippen molar-refractivity contribution in [1.82, 2.24) is 4.98 Å². The molecule has 0 saturated heterocycles. The minimum absolute atomic E-state index is 0.0409. The summed E-state index contributed by atoms with van der Waals surface area (Å²) in [7, 11) is 0. The zero-order valence-electron chi connectivity index (χ0n) is 14.0. The SMILES string of the molecule is Cc1cccc(OCCC(=O)O[C@H](C)C(=O)Nc2cccnc2Cl)c1. The van der Waals surface area contributed by atoms with Crippen molar-refractivity contribution in [3.63, 3.8) is 0 Å². The Labute approximate surface area is 151 Å². The number of hydrogen-bond donors (Lipinski definition) is 1. The zero-order valence-corrected chi connectivity index (χ0v) is 14.7. The van der Waals surface area contributed by atoms with Crippen LogP contribution in [0.15, 0.2) is 42.6 Å². The summed E-state index contributed by atoms with van der Waals surface area (Å²) >= 11 is 5.87. The van der Waals surface area contributed by atoms with Gasteiger partial charge in [0, 0.05) is 6.20 Å². The summed E-state index contributed by atoms with van der Waals surface area (Å²) in [4.78, 5) is 27.7. The number of halogens is 1. The first-order chi connectivity index (χ1) is 12.0. The Morgan fingerprint density at radius 3 is 2.80 bits per heavy atom. The molecule has 0 spiro atoms.